The Morgan fingerprint density at radius 1 is 1.53 bits per heavy atom. The minimum absolute atomic E-state index is 0.0254. The molecule has 4 nitrogen and oxygen atoms in total. The van der Waals surface area contributed by atoms with Gasteiger partial charge in [0.05, 0.1) is 6.04 Å². The summed E-state index contributed by atoms with van der Waals surface area (Å²) in [7, 11) is 0. The number of carbonyl (C=O) groups excluding carboxylic acids is 2. The largest absolute Gasteiger partial charge is 0.342 e. The molecule has 1 saturated heterocycles. The number of nitrogens with zero attached hydrogens (tertiary/aromatic N) is 1. The van der Waals surface area contributed by atoms with Gasteiger partial charge in [-0.15, -0.1) is 6.42 Å². The fraction of sp³-hybridized carbons (Fsp3) is 0.636. The highest BCUT2D eigenvalue weighted by atomic mass is 16.2. The van der Waals surface area contributed by atoms with Crippen molar-refractivity contribution in [3.63, 3.8) is 0 Å². The normalized spacial score (nSPS) is 28.3. The highest BCUT2D eigenvalue weighted by molar-refractivity contribution is 5.95. The molecule has 2 aliphatic rings. The van der Waals surface area contributed by atoms with E-state index in [9.17, 15) is 9.59 Å². The van der Waals surface area contributed by atoms with E-state index in [1.165, 1.54) is 4.90 Å². The molecule has 1 aliphatic heterocycles. The monoisotopic (exact) mass is 206 g/mol. The smallest absolute Gasteiger partial charge is 0.246 e. The Labute approximate surface area is 89.0 Å². The summed E-state index contributed by atoms with van der Waals surface area (Å²) in [5.74, 6) is 2.69. The van der Waals surface area contributed by atoms with Crippen molar-refractivity contribution in [2.24, 2.45) is 5.92 Å². The average molecular weight is 206 g/mol. The molecule has 0 aromatic rings. The minimum atomic E-state index is -0.331. The Balaban J connectivity index is 2.14. The second-order valence-electron chi connectivity index (χ2n) is 4.19. The van der Waals surface area contributed by atoms with Crippen LogP contribution in [0.15, 0.2) is 0 Å². The van der Waals surface area contributed by atoms with Crippen LogP contribution in [-0.4, -0.2) is 35.3 Å². The standard InChI is InChI=1S/C11H14N2O2/c1-3-7(2)13-6-9(14)12-10(11(13)15)8-4-5-8/h1,7-8,10H,4-6H2,2H3,(H,12,14). The van der Waals surface area contributed by atoms with Crippen molar-refractivity contribution in [1.29, 1.82) is 0 Å². The summed E-state index contributed by atoms with van der Waals surface area (Å²) in [6, 6.07) is -0.633. The Bertz CT molecular complexity index is 341. The molecule has 15 heavy (non-hydrogen) atoms. The van der Waals surface area contributed by atoms with Crippen LogP contribution in [-0.2, 0) is 9.59 Å². The third kappa shape index (κ3) is 1.82. The molecule has 2 fully saturated rings. The maximum Gasteiger partial charge on any atom is 0.246 e. The minimum Gasteiger partial charge on any atom is -0.342 e. The second-order valence-corrected chi connectivity index (χ2v) is 4.19. The van der Waals surface area contributed by atoms with Crippen molar-refractivity contribution in [2.75, 3.05) is 6.54 Å². The number of terminal acetylenes is 1. The third-order valence-corrected chi connectivity index (χ3v) is 2.98. The average Bonchev–Trinajstić information content (AvgIpc) is 3.03. The van der Waals surface area contributed by atoms with Gasteiger partial charge in [-0.3, -0.25) is 9.59 Å². The summed E-state index contributed by atoms with van der Waals surface area (Å²) in [4.78, 5) is 24.9. The Hall–Kier alpha value is -1.50. The zero-order valence-electron chi connectivity index (χ0n) is 8.69. The van der Waals surface area contributed by atoms with E-state index >= 15 is 0 Å². The second kappa shape index (κ2) is 3.58. The van der Waals surface area contributed by atoms with Gasteiger partial charge in [0.15, 0.2) is 0 Å². The Morgan fingerprint density at radius 3 is 2.73 bits per heavy atom. The fourth-order valence-electron chi connectivity index (χ4n) is 1.86. The van der Waals surface area contributed by atoms with Crippen LogP contribution in [0.1, 0.15) is 19.8 Å². The zero-order valence-corrected chi connectivity index (χ0v) is 8.69. The lowest BCUT2D eigenvalue weighted by Gasteiger charge is -2.34. The molecule has 2 amide bonds. The lowest BCUT2D eigenvalue weighted by molar-refractivity contribution is -0.145. The molecular formula is C11H14N2O2. The van der Waals surface area contributed by atoms with Crippen molar-refractivity contribution in [2.45, 2.75) is 31.8 Å². The summed E-state index contributed by atoms with van der Waals surface area (Å²) in [6.45, 7) is 1.86. The van der Waals surface area contributed by atoms with Crippen molar-refractivity contribution in [3.8, 4) is 12.3 Å². The molecule has 2 atom stereocenters. The van der Waals surface area contributed by atoms with E-state index in [-0.39, 0.29) is 30.4 Å². The number of piperazine rings is 1. The van der Waals surface area contributed by atoms with E-state index in [0.29, 0.717) is 5.92 Å². The van der Waals surface area contributed by atoms with Gasteiger partial charge in [-0.1, -0.05) is 5.92 Å². The summed E-state index contributed by atoms with van der Waals surface area (Å²) < 4.78 is 0. The summed E-state index contributed by atoms with van der Waals surface area (Å²) in [6.07, 6.45) is 7.32. The van der Waals surface area contributed by atoms with Gasteiger partial charge in [0.2, 0.25) is 11.8 Å². The van der Waals surface area contributed by atoms with E-state index in [0.717, 1.165) is 12.8 Å². The SMILES string of the molecule is C#CC(C)N1CC(=O)NC(C2CC2)C1=O. The molecule has 0 radical (unpaired) electrons. The van der Waals surface area contributed by atoms with Crippen molar-refractivity contribution in [1.82, 2.24) is 10.2 Å². The van der Waals surface area contributed by atoms with Crippen molar-refractivity contribution < 1.29 is 9.59 Å². The molecule has 4 heteroatoms. The van der Waals surface area contributed by atoms with Gasteiger partial charge in [-0.25, -0.2) is 0 Å². The number of nitrogens with one attached hydrogen (secondary N) is 1. The van der Waals surface area contributed by atoms with Crippen LogP contribution in [0, 0.1) is 18.3 Å². The molecule has 0 aromatic heterocycles. The Morgan fingerprint density at radius 2 is 2.20 bits per heavy atom. The van der Waals surface area contributed by atoms with E-state index in [2.05, 4.69) is 11.2 Å². The molecule has 0 spiro atoms. The topological polar surface area (TPSA) is 49.4 Å². The van der Waals surface area contributed by atoms with Crippen LogP contribution in [0.4, 0.5) is 0 Å². The van der Waals surface area contributed by atoms with Gasteiger partial charge in [0.1, 0.15) is 12.6 Å². The first-order chi connectivity index (χ1) is 7.13. The van der Waals surface area contributed by atoms with Gasteiger partial charge in [0.25, 0.3) is 0 Å². The van der Waals surface area contributed by atoms with E-state index in [1.54, 1.807) is 6.92 Å². The van der Waals surface area contributed by atoms with Crippen molar-refractivity contribution in [3.05, 3.63) is 0 Å². The lowest BCUT2D eigenvalue weighted by Crippen LogP contribution is -2.60. The van der Waals surface area contributed by atoms with E-state index in [4.69, 9.17) is 6.42 Å². The van der Waals surface area contributed by atoms with Crippen LogP contribution < -0.4 is 5.32 Å². The lowest BCUT2D eigenvalue weighted by atomic mass is 10.1. The van der Waals surface area contributed by atoms with Gasteiger partial charge >= 0.3 is 0 Å². The van der Waals surface area contributed by atoms with E-state index in [1.807, 2.05) is 0 Å². The van der Waals surface area contributed by atoms with Crippen molar-refractivity contribution >= 4 is 11.8 Å². The van der Waals surface area contributed by atoms with Gasteiger partial charge in [-0.05, 0) is 25.7 Å². The van der Waals surface area contributed by atoms with Gasteiger partial charge < -0.3 is 10.2 Å². The molecule has 1 aliphatic carbocycles. The number of hydrogen-bond donors (Lipinski definition) is 1. The quantitative estimate of drug-likeness (QED) is 0.633. The predicted octanol–water partition coefficient (Wildman–Crippen LogP) is -0.255. The molecule has 2 rings (SSSR count). The molecule has 80 valence electrons. The molecule has 1 heterocycles. The Kier molecular flexibility index (Phi) is 2.39. The first kappa shape index (κ1) is 10.0. The highest BCUT2D eigenvalue weighted by Gasteiger charge is 2.43. The molecule has 1 N–H and O–H groups in total. The van der Waals surface area contributed by atoms with Gasteiger partial charge in [-0.2, -0.15) is 0 Å². The maximum absolute atomic E-state index is 12.0. The number of carbonyl (C=O) groups is 2. The predicted molar refractivity (Wildman–Crippen MR) is 54.7 cm³/mol. The van der Waals surface area contributed by atoms with Gasteiger partial charge in [0, 0.05) is 0 Å². The molecule has 2 unspecified atom stereocenters. The third-order valence-electron chi connectivity index (χ3n) is 2.98. The molecule has 0 bridgehead atoms. The van der Waals surface area contributed by atoms with Crippen LogP contribution >= 0.6 is 0 Å². The molecule has 1 saturated carbocycles. The first-order valence-corrected chi connectivity index (χ1v) is 5.19. The molecule has 0 aromatic carbocycles. The maximum atomic E-state index is 12.0. The fourth-order valence-corrected chi connectivity index (χ4v) is 1.86. The summed E-state index contributed by atoms with van der Waals surface area (Å²) in [5.41, 5.74) is 0. The van der Waals surface area contributed by atoms with Crippen LogP contribution in [0.2, 0.25) is 0 Å². The van der Waals surface area contributed by atoms with Crippen LogP contribution in [0.3, 0.4) is 0 Å². The number of hydrogen-bond acceptors (Lipinski definition) is 2. The number of amides is 2. The first-order valence-electron chi connectivity index (χ1n) is 5.19. The van der Waals surface area contributed by atoms with E-state index < -0.39 is 0 Å². The summed E-state index contributed by atoms with van der Waals surface area (Å²) in [5, 5.41) is 2.74. The number of rotatable bonds is 2. The zero-order chi connectivity index (χ0) is 11.0. The van der Waals surface area contributed by atoms with Crippen LogP contribution in [0.5, 0.6) is 0 Å². The highest BCUT2D eigenvalue weighted by Crippen LogP contribution is 2.34. The van der Waals surface area contributed by atoms with Crippen LogP contribution in [0.25, 0.3) is 0 Å². The molecular weight excluding hydrogens is 192 g/mol. The summed E-state index contributed by atoms with van der Waals surface area (Å²) >= 11 is 0.